The maximum absolute atomic E-state index is 9.61. The number of hydrogen-bond donors (Lipinski definition) is 1. The van der Waals surface area contributed by atoms with E-state index in [4.69, 9.17) is 0 Å². The summed E-state index contributed by atoms with van der Waals surface area (Å²) in [6, 6.07) is 8.04. The quantitative estimate of drug-likeness (QED) is 0.861. The molecular formula is C11H15BrO. The molecule has 0 heterocycles. The molecule has 0 bridgehead atoms. The number of aliphatic hydroxyl groups is 1. The molecule has 0 saturated carbocycles. The predicted octanol–water partition coefficient (Wildman–Crippen LogP) is 3.15. The number of halogens is 1. The van der Waals surface area contributed by atoms with Gasteiger partial charge in [0.1, 0.15) is 0 Å². The Balaban J connectivity index is 2.58. The fourth-order valence-electron chi connectivity index (χ4n) is 1.35. The summed E-state index contributed by atoms with van der Waals surface area (Å²) in [7, 11) is 0. The van der Waals surface area contributed by atoms with Gasteiger partial charge in [-0.3, -0.25) is 0 Å². The van der Waals surface area contributed by atoms with Crippen molar-refractivity contribution in [3.8, 4) is 0 Å². The van der Waals surface area contributed by atoms with E-state index in [2.05, 4.69) is 22.9 Å². The molecule has 1 nitrogen and oxygen atoms in total. The van der Waals surface area contributed by atoms with Crippen molar-refractivity contribution >= 4 is 15.9 Å². The third-order valence-corrected chi connectivity index (χ3v) is 2.81. The van der Waals surface area contributed by atoms with E-state index in [1.165, 1.54) is 5.56 Å². The molecule has 2 heteroatoms. The van der Waals surface area contributed by atoms with Crippen LogP contribution in [-0.2, 0) is 6.42 Å². The topological polar surface area (TPSA) is 20.2 Å². The zero-order valence-electron chi connectivity index (χ0n) is 7.83. The molecule has 1 atom stereocenters. The van der Waals surface area contributed by atoms with Gasteiger partial charge in [0, 0.05) is 4.47 Å². The summed E-state index contributed by atoms with van der Waals surface area (Å²) >= 11 is 3.46. The van der Waals surface area contributed by atoms with Crippen LogP contribution in [0.2, 0.25) is 0 Å². The molecule has 0 fully saturated rings. The lowest BCUT2D eigenvalue weighted by atomic mass is 10.1. The Morgan fingerprint density at radius 3 is 2.69 bits per heavy atom. The van der Waals surface area contributed by atoms with E-state index >= 15 is 0 Å². The third kappa shape index (κ3) is 3.49. The van der Waals surface area contributed by atoms with Crippen molar-refractivity contribution in [3.63, 3.8) is 0 Å². The fourth-order valence-corrected chi connectivity index (χ4v) is 1.80. The van der Waals surface area contributed by atoms with Crippen LogP contribution in [0.1, 0.15) is 25.3 Å². The highest BCUT2D eigenvalue weighted by molar-refractivity contribution is 9.10. The van der Waals surface area contributed by atoms with Crippen LogP contribution < -0.4 is 0 Å². The first-order valence-electron chi connectivity index (χ1n) is 4.65. The van der Waals surface area contributed by atoms with Crippen LogP contribution in [-0.4, -0.2) is 11.2 Å². The van der Waals surface area contributed by atoms with Gasteiger partial charge in [-0.05, 0) is 24.5 Å². The lowest BCUT2D eigenvalue weighted by Crippen LogP contribution is -2.09. The van der Waals surface area contributed by atoms with Crippen LogP contribution in [0.3, 0.4) is 0 Å². The summed E-state index contributed by atoms with van der Waals surface area (Å²) < 4.78 is 1.09. The number of aliphatic hydroxyl groups excluding tert-OH is 1. The Morgan fingerprint density at radius 1 is 1.38 bits per heavy atom. The van der Waals surface area contributed by atoms with Gasteiger partial charge in [-0.25, -0.2) is 0 Å². The lowest BCUT2D eigenvalue weighted by Gasteiger charge is -2.10. The van der Waals surface area contributed by atoms with Crippen molar-refractivity contribution in [2.24, 2.45) is 0 Å². The summed E-state index contributed by atoms with van der Waals surface area (Å²) in [5.41, 5.74) is 1.18. The zero-order chi connectivity index (χ0) is 9.68. The summed E-state index contributed by atoms with van der Waals surface area (Å²) in [6.07, 6.45) is 2.45. The Hall–Kier alpha value is -0.340. The minimum Gasteiger partial charge on any atom is -0.393 e. The first kappa shape index (κ1) is 10.7. The molecule has 0 unspecified atom stereocenters. The first-order chi connectivity index (χ1) is 6.24. The van der Waals surface area contributed by atoms with Crippen molar-refractivity contribution in [1.82, 2.24) is 0 Å². The number of benzene rings is 1. The fraction of sp³-hybridized carbons (Fsp3) is 0.455. The molecule has 0 aliphatic carbocycles. The zero-order valence-corrected chi connectivity index (χ0v) is 9.42. The van der Waals surface area contributed by atoms with Gasteiger partial charge >= 0.3 is 0 Å². The highest BCUT2D eigenvalue weighted by Gasteiger charge is 2.06. The molecule has 1 aromatic carbocycles. The van der Waals surface area contributed by atoms with E-state index < -0.39 is 0 Å². The number of hydrogen-bond acceptors (Lipinski definition) is 1. The van der Waals surface area contributed by atoms with E-state index in [1.807, 2.05) is 24.3 Å². The second-order valence-electron chi connectivity index (χ2n) is 3.24. The second-order valence-corrected chi connectivity index (χ2v) is 4.09. The van der Waals surface area contributed by atoms with Gasteiger partial charge in [0.25, 0.3) is 0 Å². The van der Waals surface area contributed by atoms with Gasteiger partial charge in [0.2, 0.25) is 0 Å². The molecular weight excluding hydrogens is 228 g/mol. The van der Waals surface area contributed by atoms with Crippen molar-refractivity contribution in [2.45, 2.75) is 32.3 Å². The van der Waals surface area contributed by atoms with Crippen molar-refractivity contribution in [3.05, 3.63) is 34.3 Å². The smallest absolute Gasteiger partial charge is 0.0580 e. The minimum atomic E-state index is -0.205. The highest BCUT2D eigenvalue weighted by atomic mass is 79.9. The Kier molecular flexibility index (Phi) is 4.46. The van der Waals surface area contributed by atoms with Gasteiger partial charge in [-0.1, -0.05) is 47.5 Å². The highest BCUT2D eigenvalue weighted by Crippen LogP contribution is 2.18. The average molecular weight is 243 g/mol. The maximum Gasteiger partial charge on any atom is 0.0580 e. The van der Waals surface area contributed by atoms with Gasteiger partial charge in [-0.2, -0.15) is 0 Å². The van der Waals surface area contributed by atoms with Crippen LogP contribution in [0.5, 0.6) is 0 Å². The van der Waals surface area contributed by atoms with E-state index in [1.54, 1.807) is 0 Å². The molecule has 0 radical (unpaired) electrons. The van der Waals surface area contributed by atoms with E-state index in [-0.39, 0.29) is 6.10 Å². The van der Waals surface area contributed by atoms with Crippen LogP contribution in [0, 0.1) is 0 Å². The van der Waals surface area contributed by atoms with E-state index in [0.29, 0.717) is 0 Å². The molecule has 0 aliphatic heterocycles. The Bertz CT molecular complexity index is 260. The molecule has 1 aromatic rings. The third-order valence-electron chi connectivity index (χ3n) is 2.04. The standard InChI is InChI=1S/C11H15BrO/c1-2-5-10(13)8-9-6-3-4-7-11(9)12/h3-4,6-7,10,13H,2,5,8H2,1H3/t10-/m0/s1. The molecule has 72 valence electrons. The van der Waals surface area contributed by atoms with Gasteiger partial charge in [0.05, 0.1) is 6.10 Å². The van der Waals surface area contributed by atoms with Gasteiger partial charge < -0.3 is 5.11 Å². The Labute approximate surface area is 87.9 Å². The van der Waals surface area contributed by atoms with Crippen LogP contribution in [0.25, 0.3) is 0 Å². The predicted molar refractivity (Wildman–Crippen MR) is 58.8 cm³/mol. The van der Waals surface area contributed by atoms with Crippen molar-refractivity contribution in [1.29, 1.82) is 0 Å². The summed E-state index contributed by atoms with van der Waals surface area (Å²) in [5.74, 6) is 0. The molecule has 0 amide bonds. The Morgan fingerprint density at radius 2 is 2.08 bits per heavy atom. The largest absolute Gasteiger partial charge is 0.393 e. The van der Waals surface area contributed by atoms with Crippen molar-refractivity contribution < 1.29 is 5.11 Å². The van der Waals surface area contributed by atoms with Gasteiger partial charge in [0.15, 0.2) is 0 Å². The molecule has 0 aromatic heterocycles. The maximum atomic E-state index is 9.61. The van der Waals surface area contributed by atoms with Crippen molar-refractivity contribution in [2.75, 3.05) is 0 Å². The molecule has 0 saturated heterocycles. The summed E-state index contributed by atoms with van der Waals surface area (Å²) in [4.78, 5) is 0. The van der Waals surface area contributed by atoms with Crippen LogP contribution in [0.4, 0.5) is 0 Å². The van der Waals surface area contributed by atoms with Gasteiger partial charge in [-0.15, -0.1) is 0 Å². The van der Waals surface area contributed by atoms with Crippen LogP contribution >= 0.6 is 15.9 Å². The average Bonchev–Trinajstić information content (AvgIpc) is 2.09. The van der Waals surface area contributed by atoms with Crippen LogP contribution in [0.15, 0.2) is 28.7 Å². The molecule has 0 aliphatic rings. The SMILES string of the molecule is CCC[C@H](O)Cc1ccccc1Br. The summed E-state index contributed by atoms with van der Waals surface area (Å²) in [6.45, 7) is 2.09. The van der Waals surface area contributed by atoms with E-state index in [0.717, 1.165) is 23.7 Å². The second kappa shape index (κ2) is 5.40. The summed E-state index contributed by atoms with van der Waals surface area (Å²) in [5, 5.41) is 9.61. The molecule has 1 N–H and O–H groups in total. The molecule has 1 rings (SSSR count). The normalized spacial score (nSPS) is 12.8. The molecule has 0 spiro atoms. The van der Waals surface area contributed by atoms with E-state index in [9.17, 15) is 5.11 Å². The number of rotatable bonds is 4. The first-order valence-corrected chi connectivity index (χ1v) is 5.44. The minimum absolute atomic E-state index is 0.205. The lowest BCUT2D eigenvalue weighted by molar-refractivity contribution is 0.163. The monoisotopic (exact) mass is 242 g/mol. The molecule has 13 heavy (non-hydrogen) atoms.